The van der Waals surface area contributed by atoms with Gasteiger partial charge in [-0.05, 0) is 49.4 Å². The maximum Gasteiger partial charge on any atom is 0.338 e. The fourth-order valence-electron chi connectivity index (χ4n) is 4.03. The van der Waals surface area contributed by atoms with E-state index in [1.165, 1.54) is 11.8 Å². The van der Waals surface area contributed by atoms with Crippen molar-refractivity contribution in [3.63, 3.8) is 0 Å². The Hall–Kier alpha value is -3.52. The first-order valence-electron chi connectivity index (χ1n) is 11.5. The zero-order valence-corrected chi connectivity index (χ0v) is 21.1. The second-order valence-corrected chi connectivity index (χ2v) is 9.40. The van der Waals surface area contributed by atoms with Crippen molar-refractivity contribution < 1.29 is 19.1 Å². The van der Waals surface area contributed by atoms with Gasteiger partial charge in [-0.2, -0.15) is 0 Å². The molecule has 1 unspecified atom stereocenters. The molecule has 0 fully saturated rings. The molecule has 1 N–H and O–H groups in total. The molecule has 2 aliphatic rings. The lowest BCUT2D eigenvalue weighted by molar-refractivity contribution is -0.143. The van der Waals surface area contributed by atoms with Crippen LogP contribution >= 0.6 is 11.8 Å². The minimum Gasteiger partial charge on any atom is -0.497 e. The molecule has 0 radical (unpaired) electrons. The Kier molecular flexibility index (Phi) is 7.60. The molecule has 4 rings (SSSR count). The minimum absolute atomic E-state index is 0.104. The highest BCUT2D eigenvalue weighted by molar-refractivity contribution is 8.16. The summed E-state index contributed by atoms with van der Waals surface area (Å²) in [7, 11) is 1.61. The van der Waals surface area contributed by atoms with Gasteiger partial charge in [0.15, 0.2) is 5.17 Å². The molecule has 2 heterocycles. The molecule has 8 heteroatoms. The summed E-state index contributed by atoms with van der Waals surface area (Å²) in [6.07, 6.45) is -0.103. The Morgan fingerprint density at radius 3 is 2.49 bits per heavy atom. The molecule has 0 aromatic heterocycles. The molecule has 0 aliphatic carbocycles. The molecule has 1 atom stereocenters. The molecule has 0 saturated heterocycles. The van der Waals surface area contributed by atoms with Crippen LogP contribution in [0.25, 0.3) is 0 Å². The molecular formula is C27H29N3O4S. The summed E-state index contributed by atoms with van der Waals surface area (Å²) < 4.78 is 10.9. The van der Waals surface area contributed by atoms with Gasteiger partial charge < -0.3 is 19.7 Å². The Balaban J connectivity index is 1.62. The Morgan fingerprint density at radius 2 is 1.83 bits per heavy atom. The first-order valence-corrected chi connectivity index (χ1v) is 12.3. The fourth-order valence-corrected chi connectivity index (χ4v) is 5.00. The molecular weight excluding hydrogens is 462 g/mol. The second-order valence-electron chi connectivity index (χ2n) is 8.56. The normalized spacial score (nSPS) is 17.1. The number of allylic oxidation sites excluding steroid dienone is 1. The van der Waals surface area contributed by atoms with Crippen LogP contribution in [0.5, 0.6) is 5.75 Å². The standard InChI is InChI=1S/C27H29N3O4S/c1-17(2)34-26(32)24-18(3)29-27-30(25(24)20-10-12-22(33-4)13-11-20)21(16-35-27)14-23(31)28-15-19-8-6-5-7-9-19/h5-13,16-17,25H,14-15H2,1-4H3,(H,28,31). The maximum absolute atomic E-state index is 13.2. The van der Waals surface area contributed by atoms with Gasteiger partial charge >= 0.3 is 5.97 Å². The third-order valence-electron chi connectivity index (χ3n) is 5.67. The molecule has 7 nitrogen and oxygen atoms in total. The largest absolute Gasteiger partial charge is 0.497 e. The van der Waals surface area contributed by atoms with Crippen LogP contribution < -0.4 is 10.1 Å². The van der Waals surface area contributed by atoms with Gasteiger partial charge in [0.05, 0.1) is 36.9 Å². The van der Waals surface area contributed by atoms with E-state index >= 15 is 0 Å². The third kappa shape index (κ3) is 5.59. The van der Waals surface area contributed by atoms with Crippen molar-refractivity contribution in [3.8, 4) is 5.75 Å². The van der Waals surface area contributed by atoms with Crippen LogP contribution in [0.4, 0.5) is 0 Å². The molecule has 2 aliphatic heterocycles. The average molecular weight is 492 g/mol. The molecule has 0 spiro atoms. The number of carbonyl (C=O) groups is 2. The van der Waals surface area contributed by atoms with E-state index in [4.69, 9.17) is 14.5 Å². The molecule has 0 bridgehead atoms. The van der Waals surface area contributed by atoms with Crippen LogP contribution in [0, 0.1) is 0 Å². The number of carbonyl (C=O) groups excluding carboxylic acids is 2. The van der Waals surface area contributed by atoms with Crippen molar-refractivity contribution in [1.82, 2.24) is 10.2 Å². The van der Waals surface area contributed by atoms with E-state index in [0.29, 0.717) is 17.8 Å². The smallest absolute Gasteiger partial charge is 0.338 e. The quantitative estimate of drug-likeness (QED) is 0.528. The van der Waals surface area contributed by atoms with Crippen LogP contribution in [0.3, 0.4) is 0 Å². The summed E-state index contributed by atoms with van der Waals surface area (Å²) in [5.74, 6) is 0.205. The Labute approximate surface area is 209 Å². The highest BCUT2D eigenvalue weighted by atomic mass is 32.2. The average Bonchev–Trinajstić information content (AvgIpc) is 3.23. The van der Waals surface area contributed by atoms with Crippen molar-refractivity contribution in [3.05, 3.63) is 88.1 Å². The van der Waals surface area contributed by atoms with Gasteiger partial charge in [0.25, 0.3) is 0 Å². The van der Waals surface area contributed by atoms with E-state index in [-0.39, 0.29) is 18.4 Å². The second kappa shape index (κ2) is 10.8. The number of benzene rings is 2. The molecule has 2 aromatic carbocycles. The lowest BCUT2D eigenvalue weighted by atomic mass is 9.93. The van der Waals surface area contributed by atoms with Gasteiger partial charge in [-0.3, -0.25) is 4.79 Å². The highest BCUT2D eigenvalue weighted by Gasteiger charge is 2.41. The number of nitrogens with one attached hydrogen (secondary N) is 1. The summed E-state index contributed by atoms with van der Waals surface area (Å²) in [5.41, 5.74) is 3.77. The number of methoxy groups -OCH3 is 1. The summed E-state index contributed by atoms with van der Waals surface area (Å²) in [6.45, 7) is 5.92. The number of fused-ring (bicyclic) bond motifs is 1. The van der Waals surface area contributed by atoms with Crippen LogP contribution in [0.15, 0.2) is 82.0 Å². The van der Waals surface area contributed by atoms with E-state index in [0.717, 1.165) is 27.7 Å². The summed E-state index contributed by atoms with van der Waals surface area (Å²) in [4.78, 5) is 32.7. The number of aliphatic imine (C=N–C) groups is 1. The number of esters is 1. The lowest BCUT2D eigenvalue weighted by Crippen LogP contribution is -2.38. The number of thioether (sulfide) groups is 1. The van der Waals surface area contributed by atoms with E-state index in [2.05, 4.69) is 5.32 Å². The topological polar surface area (TPSA) is 80.2 Å². The summed E-state index contributed by atoms with van der Waals surface area (Å²) in [5, 5.41) is 5.65. The third-order valence-corrected chi connectivity index (χ3v) is 6.56. The van der Waals surface area contributed by atoms with Gasteiger partial charge in [-0.1, -0.05) is 54.2 Å². The van der Waals surface area contributed by atoms with Crippen molar-refractivity contribution in [2.24, 2.45) is 4.99 Å². The van der Waals surface area contributed by atoms with Gasteiger partial charge in [-0.15, -0.1) is 0 Å². The van der Waals surface area contributed by atoms with Crippen molar-refractivity contribution >= 4 is 28.8 Å². The number of rotatable bonds is 8. The van der Waals surface area contributed by atoms with E-state index < -0.39 is 12.0 Å². The van der Waals surface area contributed by atoms with Crippen LogP contribution in [-0.4, -0.2) is 35.2 Å². The molecule has 1 amide bonds. The van der Waals surface area contributed by atoms with Crippen molar-refractivity contribution in [2.45, 2.75) is 45.9 Å². The Morgan fingerprint density at radius 1 is 1.11 bits per heavy atom. The van der Waals surface area contributed by atoms with Crippen molar-refractivity contribution in [1.29, 1.82) is 0 Å². The van der Waals surface area contributed by atoms with Gasteiger partial charge in [0, 0.05) is 12.2 Å². The number of hydrogen-bond donors (Lipinski definition) is 1. The maximum atomic E-state index is 13.2. The summed E-state index contributed by atoms with van der Waals surface area (Å²) in [6, 6.07) is 16.9. The van der Waals surface area contributed by atoms with Gasteiger partial charge in [0.1, 0.15) is 5.75 Å². The molecule has 2 aromatic rings. The first-order chi connectivity index (χ1) is 16.9. The van der Waals surface area contributed by atoms with E-state index in [9.17, 15) is 9.59 Å². The summed E-state index contributed by atoms with van der Waals surface area (Å²) >= 11 is 1.45. The molecule has 182 valence electrons. The predicted octanol–water partition coefficient (Wildman–Crippen LogP) is 4.93. The van der Waals surface area contributed by atoms with E-state index in [1.54, 1.807) is 7.11 Å². The Bertz CT molecular complexity index is 1190. The lowest BCUT2D eigenvalue weighted by Gasteiger charge is -2.36. The number of ether oxygens (including phenoxy) is 2. The first kappa shape index (κ1) is 24.6. The predicted molar refractivity (Wildman–Crippen MR) is 138 cm³/mol. The van der Waals surface area contributed by atoms with Crippen LogP contribution in [0.2, 0.25) is 0 Å². The van der Waals surface area contributed by atoms with Crippen LogP contribution in [-0.2, 0) is 20.9 Å². The zero-order chi connectivity index (χ0) is 24.9. The number of hydrogen-bond acceptors (Lipinski definition) is 7. The highest BCUT2D eigenvalue weighted by Crippen LogP contribution is 2.45. The number of amides is 1. The van der Waals surface area contributed by atoms with Crippen LogP contribution in [0.1, 0.15) is 44.4 Å². The van der Waals surface area contributed by atoms with Crippen molar-refractivity contribution in [2.75, 3.05) is 7.11 Å². The fraction of sp³-hybridized carbons (Fsp3) is 0.296. The monoisotopic (exact) mass is 491 g/mol. The SMILES string of the molecule is COc1ccc(C2C(C(=O)OC(C)C)=C(C)N=C3SC=C(CC(=O)NCc4ccccc4)N32)cc1. The van der Waals surface area contributed by atoms with E-state index in [1.807, 2.05) is 85.7 Å². The zero-order valence-electron chi connectivity index (χ0n) is 20.3. The number of amidine groups is 1. The molecule has 35 heavy (non-hydrogen) atoms. The van der Waals surface area contributed by atoms with Gasteiger partial charge in [-0.25, -0.2) is 9.79 Å². The van der Waals surface area contributed by atoms with Gasteiger partial charge in [0.2, 0.25) is 5.91 Å². The minimum atomic E-state index is -0.470. The number of nitrogens with zero attached hydrogens (tertiary/aromatic N) is 2. The molecule has 0 saturated carbocycles.